The molecule has 0 atom stereocenters. The van der Waals surface area contributed by atoms with Crippen molar-refractivity contribution in [2.24, 2.45) is 0 Å². The molecule has 0 N–H and O–H groups in total. The highest BCUT2D eigenvalue weighted by molar-refractivity contribution is 5.78. The third-order valence-corrected chi connectivity index (χ3v) is 7.14. The third-order valence-electron chi connectivity index (χ3n) is 7.14. The Balaban J connectivity index is 1.22. The summed E-state index contributed by atoms with van der Waals surface area (Å²) in [7, 11) is 0. The molecule has 0 aliphatic heterocycles. The first kappa shape index (κ1) is 26.0. The third kappa shape index (κ3) is 5.67. The van der Waals surface area contributed by atoms with Gasteiger partial charge in [-0.2, -0.15) is 0 Å². The van der Waals surface area contributed by atoms with Gasteiger partial charge in [0, 0.05) is 24.8 Å². The average molecular weight is 555 g/mol. The molecule has 204 valence electrons. The van der Waals surface area contributed by atoms with Crippen molar-refractivity contribution in [2.45, 2.75) is 6.92 Å². The molecule has 0 amide bonds. The Morgan fingerprint density at radius 2 is 0.744 bits per heavy atom. The van der Waals surface area contributed by atoms with Crippen LogP contribution in [0.4, 0.5) is 0 Å². The van der Waals surface area contributed by atoms with Gasteiger partial charge in [0.15, 0.2) is 0 Å². The molecule has 1 aromatic carbocycles. The van der Waals surface area contributed by atoms with Crippen LogP contribution < -0.4 is 0 Å². The van der Waals surface area contributed by atoms with Crippen molar-refractivity contribution in [1.29, 1.82) is 0 Å². The summed E-state index contributed by atoms with van der Waals surface area (Å²) in [6, 6.07) is 38.4. The van der Waals surface area contributed by atoms with Crippen LogP contribution in [0.15, 0.2) is 140 Å². The van der Waals surface area contributed by atoms with E-state index in [9.17, 15) is 0 Å². The van der Waals surface area contributed by atoms with E-state index in [2.05, 4.69) is 57.2 Å². The summed E-state index contributed by atoms with van der Waals surface area (Å²) in [5.41, 5.74) is 12.0. The first-order valence-corrected chi connectivity index (χ1v) is 14.0. The molecule has 6 nitrogen and oxygen atoms in total. The van der Waals surface area contributed by atoms with Crippen molar-refractivity contribution in [3.63, 3.8) is 0 Å². The molecule has 0 radical (unpaired) electrons. The SMILES string of the molecule is Cc1cc(-c2ccnc(-c3cccc(-c4ccccn4)n3)c2)cc(-c2ccnc(-c3cccc(-c4ccccn4)n3)c2)c1. The summed E-state index contributed by atoms with van der Waals surface area (Å²) < 4.78 is 0. The van der Waals surface area contributed by atoms with E-state index in [0.29, 0.717) is 0 Å². The van der Waals surface area contributed by atoms with Gasteiger partial charge in [0.25, 0.3) is 0 Å². The largest absolute Gasteiger partial charge is 0.255 e. The van der Waals surface area contributed by atoms with E-state index >= 15 is 0 Å². The van der Waals surface area contributed by atoms with Crippen LogP contribution >= 0.6 is 0 Å². The Bertz CT molecular complexity index is 1900. The second-order valence-corrected chi connectivity index (χ2v) is 10.2. The van der Waals surface area contributed by atoms with Crippen LogP contribution in [0.25, 0.3) is 67.8 Å². The van der Waals surface area contributed by atoms with Crippen molar-refractivity contribution in [1.82, 2.24) is 29.9 Å². The minimum Gasteiger partial charge on any atom is -0.255 e. The normalized spacial score (nSPS) is 10.9. The topological polar surface area (TPSA) is 77.3 Å². The van der Waals surface area contributed by atoms with Gasteiger partial charge in [-0.25, -0.2) is 9.97 Å². The molecule has 7 rings (SSSR count). The van der Waals surface area contributed by atoms with Crippen molar-refractivity contribution >= 4 is 0 Å². The number of hydrogen-bond donors (Lipinski definition) is 0. The van der Waals surface area contributed by atoms with Crippen LogP contribution in [0.3, 0.4) is 0 Å². The molecule has 7 aromatic rings. The zero-order chi connectivity index (χ0) is 29.0. The highest BCUT2D eigenvalue weighted by atomic mass is 14.8. The molecule has 6 heterocycles. The van der Waals surface area contributed by atoms with Crippen LogP contribution in [-0.2, 0) is 0 Å². The second kappa shape index (κ2) is 11.5. The molecule has 0 unspecified atom stereocenters. The summed E-state index contributed by atoms with van der Waals surface area (Å²) in [4.78, 5) is 27.9. The van der Waals surface area contributed by atoms with E-state index in [0.717, 1.165) is 73.4 Å². The van der Waals surface area contributed by atoms with Crippen molar-refractivity contribution in [3.05, 3.63) is 146 Å². The van der Waals surface area contributed by atoms with Crippen LogP contribution in [0, 0.1) is 6.92 Å². The first-order valence-electron chi connectivity index (χ1n) is 14.0. The van der Waals surface area contributed by atoms with Gasteiger partial charge in [0.2, 0.25) is 0 Å². The van der Waals surface area contributed by atoms with Crippen LogP contribution in [-0.4, -0.2) is 29.9 Å². The number of benzene rings is 1. The molecule has 0 aliphatic carbocycles. The van der Waals surface area contributed by atoms with E-state index in [1.165, 1.54) is 0 Å². The number of pyridine rings is 6. The van der Waals surface area contributed by atoms with Gasteiger partial charge < -0.3 is 0 Å². The predicted octanol–water partition coefficient (Wildman–Crippen LogP) is 8.37. The van der Waals surface area contributed by atoms with E-state index in [1.807, 2.05) is 97.3 Å². The van der Waals surface area contributed by atoms with Gasteiger partial charge >= 0.3 is 0 Å². The van der Waals surface area contributed by atoms with Crippen LogP contribution in [0.2, 0.25) is 0 Å². The van der Waals surface area contributed by atoms with E-state index in [-0.39, 0.29) is 0 Å². The molecular weight excluding hydrogens is 528 g/mol. The van der Waals surface area contributed by atoms with Crippen LogP contribution in [0.1, 0.15) is 5.56 Å². The van der Waals surface area contributed by atoms with E-state index < -0.39 is 0 Å². The maximum atomic E-state index is 4.85. The standard InChI is InChI=1S/C37H26N6/c1-25-20-28(26-14-18-40-36(23-26)34-12-6-10-32(42-34)30-8-2-4-16-38-30)22-29(21-25)27-15-19-41-37(24-27)35-13-7-11-33(43-35)31-9-3-5-17-39-31/h2-24H,1H3. The maximum Gasteiger partial charge on any atom is 0.0894 e. The molecule has 0 aliphatic rings. The predicted molar refractivity (Wildman–Crippen MR) is 171 cm³/mol. The Kier molecular flexibility index (Phi) is 6.99. The summed E-state index contributed by atoms with van der Waals surface area (Å²) >= 11 is 0. The molecular formula is C37H26N6. The lowest BCUT2D eigenvalue weighted by atomic mass is 9.96. The Labute approximate surface area is 249 Å². The van der Waals surface area contributed by atoms with Gasteiger partial charge in [-0.05, 0) is 114 Å². The second-order valence-electron chi connectivity index (χ2n) is 10.2. The number of rotatable bonds is 6. The summed E-state index contributed by atoms with van der Waals surface area (Å²) in [5.74, 6) is 0. The Morgan fingerprint density at radius 1 is 0.326 bits per heavy atom. The number of hydrogen-bond acceptors (Lipinski definition) is 6. The minimum absolute atomic E-state index is 0.803. The van der Waals surface area contributed by atoms with Crippen LogP contribution in [0.5, 0.6) is 0 Å². The summed E-state index contributed by atoms with van der Waals surface area (Å²) in [6.45, 7) is 2.12. The molecule has 6 aromatic heterocycles. The summed E-state index contributed by atoms with van der Waals surface area (Å²) in [6.07, 6.45) is 7.23. The Morgan fingerprint density at radius 3 is 1.19 bits per heavy atom. The minimum atomic E-state index is 0.803. The molecule has 0 fully saturated rings. The molecule has 0 bridgehead atoms. The molecule has 43 heavy (non-hydrogen) atoms. The molecule has 0 spiro atoms. The van der Waals surface area contributed by atoms with E-state index in [1.54, 1.807) is 12.4 Å². The quantitative estimate of drug-likeness (QED) is 0.206. The van der Waals surface area contributed by atoms with E-state index in [4.69, 9.17) is 9.97 Å². The fourth-order valence-corrected chi connectivity index (χ4v) is 5.09. The van der Waals surface area contributed by atoms with Gasteiger partial charge in [0.1, 0.15) is 0 Å². The number of aromatic nitrogens is 6. The van der Waals surface area contributed by atoms with Gasteiger partial charge in [0.05, 0.1) is 45.6 Å². The Hall–Kier alpha value is -5.88. The first-order chi connectivity index (χ1) is 21.2. The number of nitrogens with zero attached hydrogens (tertiary/aromatic N) is 6. The molecule has 6 heteroatoms. The van der Waals surface area contributed by atoms with Crippen molar-refractivity contribution < 1.29 is 0 Å². The lowest BCUT2D eigenvalue weighted by molar-refractivity contribution is 1.22. The lowest BCUT2D eigenvalue weighted by Gasteiger charge is -2.11. The molecule has 0 saturated carbocycles. The van der Waals surface area contributed by atoms with Gasteiger partial charge in [-0.1, -0.05) is 36.4 Å². The fourth-order valence-electron chi connectivity index (χ4n) is 5.09. The molecule has 0 saturated heterocycles. The average Bonchev–Trinajstić information content (AvgIpc) is 3.09. The lowest BCUT2D eigenvalue weighted by Crippen LogP contribution is -1.93. The van der Waals surface area contributed by atoms with Crippen molar-refractivity contribution in [3.8, 4) is 67.8 Å². The zero-order valence-corrected chi connectivity index (χ0v) is 23.5. The zero-order valence-electron chi connectivity index (χ0n) is 23.5. The highest BCUT2D eigenvalue weighted by Gasteiger charge is 2.11. The highest BCUT2D eigenvalue weighted by Crippen LogP contribution is 2.32. The van der Waals surface area contributed by atoms with Crippen molar-refractivity contribution in [2.75, 3.05) is 0 Å². The number of aryl methyl sites for hydroxylation is 1. The van der Waals surface area contributed by atoms with Gasteiger partial charge in [-0.3, -0.25) is 19.9 Å². The summed E-state index contributed by atoms with van der Waals surface area (Å²) in [5, 5.41) is 0. The fraction of sp³-hybridized carbons (Fsp3) is 0.0270. The maximum absolute atomic E-state index is 4.85. The smallest absolute Gasteiger partial charge is 0.0894 e. The monoisotopic (exact) mass is 554 g/mol. The van der Waals surface area contributed by atoms with Gasteiger partial charge in [-0.15, -0.1) is 0 Å².